The summed E-state index contributed by atoms with van der Waals surface area (Å²) in [6.07, 6.45) is -4.51. The first-order chi connectivity index (χ1) is 21.5. The number of benzene rings is 4. The van der Waals surface area contributed by atoms with Crippen LogP contribution in [-0.4, -0.2) is 43.2 Å². The van der Waals surface area contributed by atoms with Gasteiger partial charge in [-0.25, -0.2) is 4.79 Å². The van der Waals surface area contributed by atoms with E-state index in [9.17, 15) is 27.9 Å². The SMILES string of the molecule is CC(C)c1cc(CC(=O)c2ccc(N3CCOCC3)cc2)c(C(=O)O)cc1-c1ccc(COc2cccc(C(F)(F)F)c2)cc1. The van der Waals surface area contributed by atoms with Crippen LogP contribution in [-0.2, 0) is 23.9 Å². The van der Waals surface area contributed by atoms with E-state index in [0.717, 1.165) is 53.2 Å². The van der Waals surface area contributed by atoms with Crippen molar-refractivity contribution in [2.45, 2.75) is 39.0 Å². The lowest BCUT2D eigenvalue weighted by Gasteiger charge is -2.28. The van der Waals surface area contributed by atoms with Crippen LogP contribution >= 0.6 is 0 Å². The Morgan fingerprint density at radius 2 is 1.62 bits per heavy atom. The molecule has 5 rings (SSSR count). The van der Waals surface area contributed by atoms with E-state index in [1.165, 1.54) is 12.1 Å². The van der Waals surface area contributed by atoms with Gasteiger partial charge in [-0.15, -0.1) is 0 Å². The van der Waals surface area contributed by atoms with Gasteiger partial charge >= 0.3 is 12.1 Å². The van der Waals surface area contributed by atoms with Gasteiger partial charge in [-0.2, -0.15) is 13.2 Å². The number of morpholine rings is 1. The number of nitrogens with zero attached hydrogens (tertiary/aromatic N) is 1. The molecule has 1 N–H and O–H groups in total. The Labute approximate surface area is 260 Å². The maximum atomic E-state index is 13.3. The van der Waals surface area contributed by atoms with Crippen LogP contribution in [0.1, 0.15) is 62.7 Å². The van der Waals surface area contributed by atoms with Crippen molar-refractivity contribution in [3.05, 3.63) is 118 Å². The topological polar surface area (TPSA) is 76.1 Å². The molecule has 0 atom stereocenters. The fourth-order valence-electron chi connectivity index (χ4n) is 5.40. The number of ketones is 1. The van der Waals surface area contributed by atoms with Crippen LogP contribution in [0.2, 0.25) is 0 Å². The number of carboxylic acid groups (broad SMARTS) is 1. The standard InChI is InChI=1S/C36H34F3NO5/c1-23(2)31-18-27(19-34(41)26-10-12-29(13-11-26)40-14-16-44-17-15-40)33(35(42)43)21-32(31)25-8-6-24(7-9-25)22-45-30-5-3-4-28(20-30)36(37,38)39/h3-13,18,20-21,23H,14-17,19,22H2,1-2H3,(H,42,43). The normalized spacial score (nSPS) is 13.6. The van der Waals surface area contributed by atoms with Crippen LogP contribution in [0.3, 0.4) is 0 Å². The van der Waals surface area contributed by atoms with Crippen molar-refractivity contribution < 1.29 is 37.3 Å². The zero-order valence-corrected chi connectivity index (χ0v) is 25.1. The van der Waals surface area contributed by atoms with Crippen molar-refractivity contribution >= 4 is 17.4 Å². The van der Waals surface area contributed by atoms with E-state index in [1.54, 1.807) is 30.3 Å². The monoisotopic (exact) mass is 617 g/mol. The summed E-state index contributed by atoms with van der Waals surface area (Å²) in [6, 6.07) is 22.8. The molecule has 0 unspecified atom stereocenters. The van der Waals surface area contributed by atoms with Crippen molar-refractivity contribution in [3.63, 3.8) is 0 Å². The maximum Gasteiger partial charge on any atom is 0.416 e. The minimum absolute atomic E-state index is 0.0356. The van der Waals surface area contributed by atoms with Crippen LogP contribution in [0.4, 0.5) is 18.9 Å². The second kappa shape index (κ2) is 13.6. The first-order valence-corrected chi connectivity index (χ1v) is 14.7. The molecular weight excluding hydrogens is 583 g/mol. The second-order valence-corrected chi connectivity index (χ2v) is 11.3. The first kappa shape index (κ1) is 31.8. The molecule has 0 bridgehead atoms. The zero-order valence-electron chi connectivity index (χ0n) is 25.1. The zero-order chi connectivity index (χ0) is 32.1. The molecule has 1 heterocycles. The van der Waals surface area contributed by atoms with Crippen LogP contribution < -0.4 is 9.64 Å². The Morgan fingerprint density at radius 3 is 2.24 bits per heavy atom. The number of carbonyl (C=O) groups excluding carboxylic acids is 1. The van der Waals surface area contributed by atoms with E-state index in [4.69, 9.17) is 9.47 Å². The van der Waals surface area contributed by atoms with E-state index >= 15 is 0 Å². The van der Waals surface area contributed by atoms with Gasteiger partial charge in [-0.3, -0.25) is 4.79 Å². The van der Waals surface area contributed by atoms with E-state index in [-0.39, 0.29) is 36.0 Å². The van der Waals surface area contributed by atoms with E-state index < -0.39 is 17.7 Å². The Morgan fingerprint density at radius 1 is 0.933 bits per heavy atom. The van der Waals surface area contributed by atoms with Gasteiger partial charge in [0, 0.05) is 30.8 Å². The molecule has 0 amide bonds. The molecule has 1 aliphatic heterocycles. The summed E-state index contributed by atoms with van der Waals surface area (Å²) in [7, 11) is 0. The Balaban J connectivity index is 1.34. The molecule has 4 aromatic rings. The molecule has 0 aromatic heterocycles. The third kappa shape index (κ3) is 7.72. The van der Waals surface area contributed by atoms with Crippen LogP contribution in [0, 0.1) is 0 Å². The summed E-state index contributed by atoms with van der Waals surface area (Å²) < 4.78 is 50.1. The predicted octanol–water partition coefficient (Wildman–Crippen LogP) is 8.04. The van der Waals surface area contributed by atoms with E-state index in [2.05, 4.69) is 4.90 Å². The predicted molar refractivity (Wildman–Crippen MR) is 166 cm³/mol. The quantitative estimate of drug-likeness (QED) is 0.182. The highest BCUT2D eigenvalue weighted by molar-refractivity contribution is 6.00. The number of anilines is 1. The van der Waals surface area contributed by atoms with Crippen LogP contribution in [0.5, 0.6) is 5.75 Å². The third-order valence-electron chi connectivity index (χ3n) is 7.88. The number of carbonyl (C=O) groups is 2. The minimum Gasteiger partial charge on any atom is -0.489 e. The fraction of sp³-hybridized carbons (Fsp3) is 0.278. The number of rotatable bonds is 10. The summed E-state index contributed by atoms with van der Waals surface area (Å²) in [5.41, 5.74) is 4.41. The van der Waals surface area contributed by atoms with Crippen molar-refractivity contribution in [2.24, 2.45) is 0 Å². The number of carboxylic acids is 1. The molecule has 4 aromatic carbocycles. The fourth-order valence-corrected chi connectivity index (χ4v) is 5.40. The van der Waals surface area contributed by atoms with Crippen LogP contribution in [0.15, 0.2) is 84.9 Å². The number of hydrogen-bond acceptors (Lipinski definition) is 5. The summed E-state index contributed by atoms with van der Waals surface area (Å²) in [5, 5.41) is 10.1. The van der Waals surface area contributed by atoms with Gasteiger partial charge in [0.25, 0.3) is 0 Å². The molecule has 1 aliphatic rings. The average molecular weight is 618 g/mol. The number of halogens is 3. The van der Waals surface area contributed by atoms with Crippen molar-refractivity contribution in [3.8, 4) is 16.9 Å². The number of hydrogen-bond donors (Lipinski definition) is 1. The molecule has 9 heteroatoms. The Hall–Kier alpha value is -4.63. The lowest BCUT2D eigenvalue weighted by atomic mass is 9.86. The summed E-state index contributed by atoms with van der Waals surface area (Å²) in [5.74, 6) is -1.14. The number of Topliss-reactive ketones (excluding diaryl/α,β-unsaturated/α-hetero) is 1. The minimum atomic E-state index is -4.46. The van der Waals surface area contributed by atoms with Gasteiger partial charge in [0.05, 0.1) is 24.3 Å². The number of aromatic carboxylic acids is 1. The molecule has 0 spiro atoms. The van der Waals surface area contributed by atoms with Gasteiger partial charge in [0.1, 0.15) is 12.4 Å². The molecule has 0 aliphatic carbocycles. The first-order valence-electron chi connectivity index (χ1n) is 14.7. The van der Waals surface area contributed by atoms with Crippen molar-refractivity contribution in [2.75, 3.05) is 31.2 Å². The van der Waals surface area contributed by atoms with Crippen LogP contribution in [0.25, 0.3) is 11.1 Å². The van der Waals surface area contributed by atoms with Crippen molar-refractivity contribution in [1.82, 2.24) is 0 Å². The Bertz CT molecular complexity index is 1660. The third-order valence-corrected chi connectivity index (χ3v) is 7.88. The summed E-state index contributed by atoms with van der Waals surface area (Å²) in [6.45, 7) is 6.97. The number of ether oxygens (including phenoxy) is 2. The van der Waals surface area contributed by atoms with E-state index in [1.807, 2.05) is 44.2 Å². The lowest BCUT2D eigenvalue weighted by Crippen LogP contribution is -2.36. The van der Waals surface area contributed by atoms with Gasteiger partial charge in [0.2, 0.25) is 0 Å². The van der Waals surface area contributed by atoms with Crippen molar-refractivity contribution in [1.29, 1.82) is 0 Å². The lowest BCUT2D eigenvalue weighted by molar-refractivity contribution is -0.137. The molecule has 1 fully saturated rings. The smallest absolute Gasteiger partial charge is 0.416 e. The largest absolute Gasteiger partial charge is 0.489 e. The Kier molecular flexibility index (Phi) is 9.58. The molecule has 234 valence electrons. The van der Waals surface area contributed by atoms with Gasteiger partial charge in [0.15, 0.2) is 5.78 Å². The number of alkyl halides is 3. The van der Waals surface area contributed by atoms with Gasteiger partial charge in [-0.05, 0) is 82.3 Å². The molecule has 1 saturated heterocycles. The highest BCUT2D eigenvalue weighted by Crippen LogP contribution is 2.34. The highest BCUT2D eigenvalue weighted by Gasteiger charge is 2.30. The molecule has 45 heavy (non-hydrogen) atoms. The summed E-state index contributed by atoms with van der Waals surface area (Å²) in [4.78, 5) is 27.9. The van der Waals surface area contributed by atoms with E-state index in [0.29, 0.717) is 24.3 Å². The summed E-state index contributed by atoms with van der Waals surface area (Å²) >= 11 is 0. The molecular formula is C36H34F3NO5. The highest BCUT2D eigenvalue weighted by atomic mass is 19.4. The average Bonchev–Trinajstić information content (AvgIpc) is 3.04. The second-order valence-electron chi connectivity index (χ2n) is 11.3. The van der Waals surface area contributed by atoms with Gasteiger partial charge in [-0.1, -0.05) is 50.2 Å². The molecule has 0 radical (unpaired) electrons. The molecule has 0 saturated carbocycles. The molecule has 6 nitrogen and oxygen atoms in total. The maximum absolute atomic E-state index is 13.3. The van der Waals surface area contributed by atoms with Gasteiger partial charge < -0.3 is 19.5 Å².